The van der Waals surface area contributed by atoms with Crippen molar-refractivity contribution in [2.24, 2.45) is 0 Å². The first-order valence-corrected chi connectivity index (χ1v) is 13.1. The fourth-order valence-corrected chi connectivity index (χ4v) is 5.02. The SMILES string of the molecule is Br.Br.Br.CCCN(CCCCCCNCCCCc1ccccn1)C1CCc2c(ccc(O)c2O)C1. The average Bonchev–Trinajstić information content (AvgIpc) is 2.84. The number of rotatable bonds is 15. The summed E-state index contributed by atoms with van der Waals surface area (Å²) in [6.07, 6.45) is 14.5. The minimum atomic E-state index is 0. The number of pyridine rings is 1. The first kappa shape index (κ1) is 35.3. The lowest BCUT2D eigenvalue weighted by molar-refractivity contribution is 0.175. The van der Waals surface area contributed by atoms with E-state index in [1.54, 1.807) is 6.07 Å². The Morgan fingerprint density at radius 2 is 1.67 bits per heavy atom. The maximum absolute atomic E-state index is 10.2. The number of nitrogens with zero attached hydrogens (tertiary/aromatic N) is 2. The van der Waals surface area contributed by atoms with Gasteiger partial charge in [0.1, 0.15) is 0 Å². The molecule has 0 saturated heterocycles. The molecule has 0 spiro atoms. The van der Waals surface area contributed by atoms with Gasteiger partial charge < -0.3 is 20.4 Å². The van der Waals surface area contributed by atoms with Crippen LogP contribution in [0, 0.1) is 0 Å². The van der Waals surface area contributed by atoms with Gasteiger partial charge in [-0.15, -0.1) is 50.9 Å². The molecule has 36 heavy (non-hydrogen) atoms. The fourth-order valence-electron chi connectivity index (χ4n) is 5.02. The van der Waals surface area contributed by atoms with E-state index in [0.717, 1.165) is 50.9 Å². The highest BCUT2D eigenvalue weighted by atomic mass is 79.9. The highest BCUT2D eigenvalue weighted by Gasteiger charge is 2.26. The number of aromatic nitrogens is 1. The summed E-state index contributed by atoms with van der Waals surface area (Å²) in [5.41, 5.74) is 3.35. The molecule has 0 radical (unpaired) electrons. The van der Waals surface area contributed by atoms with Crippen molar-refractivity contribution in [1.82, 2.24) is 15.2 Å². The zero-order chi connectivity index (χ0) is 23.3. The number of aromatic hydroxyl groups is 2. The van der Waals surface area contributed by atoms with E-state index in [4.69, 9.17) is 0 Å². The zero-order valence-corrected chi connectivity index (χ0v) is 26.8. The molecular formula is C28H46Br3N3O2. The Hall–Kier alpha value is -0.670. The van der Waals surface area contributed by atoms with Crippen LogP contribution in [0.1, 0.15) is 75.1 Å². The number of unbranched alkanes of at least 4 members (excludes halogenated alkanes) is 4. The second-order valence-electron chi connectivity index (χ2n) is 9.45. The Balaban J connectivity index is 0.00000408. The third kappa shape index (κ3) is 11.8. The van der Waals surface area contributed by atoms with Gasteiger partial charge in [-0.05, 0) is 108 Å². The number of hydrogen-bond acceptors (Lipinski definition) is 5. The Morgan fingerprint density at radius 3 is 2.39 bits per heavy atom. The third-order valence-electron chi connectivity index (χ3n) is 6.88. The van der Waals surface area contributed by atoms with Gasteiger partial charge in [0.2, 0.25) is 0 Å². The topological polar surface area (TPSA) is 68.6 Å². The smallest absolute Gasteiger partial charge is 0.160 e. The Bertz CT molecular complexity index is 827. The molecule has 1 heterocycles. The number of halogens is 3. The van der Waals surface area contributed by atoms with Gasteiger partial charge in [0, 0.05) is 23.5 Å². The molecule has 0 amide bonds. The van der Waals surface area contributed by atoms with E-state index >= 15 is 0 Å². The van der Waals surface area contributed by atoms with Gasteiger partial charge in [0.05, 0.1) is 0 Å². The van der Waals surface area contributed by atoms with Crippen LogP contribution in [0.25, 0.3) is 0 Å². The summed E-state index contributed by atoms with van der Waals surface area (Å²) >= 11 is 0. The number of fused-ring (bicyclic) bond motifs is 1. The second kappa shape index (κ2) is 20.3. The van der Waals surface area contributed by atoms with Crippen LogP contribution in [0.2, 0.25) is 0 Å². The molecule has 8 heteroatoms. The lowest BCUT2D eigenvalue weighted by Crippen LogP contribution is -2.40. The molecule has 1 unspecified atom stereocenters. The van der Waals surface area contributed by atoms with Crippen molar-refractivity contribution in [2.75, 3.05) is 26.2 Å². The molecule has 1 aliphatic carbocycles. The Morgan fingerprint density at radius 1 is 0.917 bits per heavy atom. The van der Waals surface area contributed by atoms with Crippen LogP contribution in [-0.2, 0) is 19.3 Å². The van der Waals surface area contributed by atoms with Crippen molar-refractivity contribution in [2.45, 2.75) is 83.6 Å². The lowest BCUT2D eigenvalue weighted by Gasteiger charge is -2.35. The van der Waals surface area contributed by atoms with E-state index in [1.807, 2.05) is 18.3 Å². The van der Waals surface area contributed by atoms with Crippen LogP contribution in [0.4, 0.5) is 0 Å². The van der Waals surface area contributed by atoms with Crippen LogP contribution < -0.4 is 5.32 Å². The minimum absolute atomic E-state index is 0. The van der Waals surface area contributed by atoms with Gasteiger partial charge in [-0.2, -0.15) is 0 Å². The Labute approximate surface area is 249 Å². The van der Waals surface area contributed by atoms with Gasteiger partial charge in [-0.3, -0.25) is 4.98 Å². The van der Waals surface area contributed by atoms with Gasteiger partial charge in [0.15, 0.2) is 11.5 Å². The molecule has 206 valence electrons. The molecule has 0 aliphatic heterocycles. The molecule has 1 atom stereocenters. The quantitative estimate of drug-likeness (QED) is 0.139. The van der Waals surface area contributed by atoms with Crippen molar-refractivity contribution < 1.29 is 10.2 Å². The maximum atomic E-state index is 10.2. The van der Waals surface area contributed by atoms with Gasteiger partial charge in [-0.25, -0.2) is 0 Å². The monoisotopic (exact) mass is 693 g/mol. The zero-order valence-electron chi connectivity index (χ0n) is 21.7. The lowest BCUT2D eigenvalue weighted by atomic mass is 9.86. The van der Waals surface area contributed by atoms with Crippen LogP contribution in [0.15, 0.2) is 36.5 Å². The van der Waals surface area contributed by atoms with Crippen molar-refractivity contribution >= 4 is 50.9 Å². The first-order chi connectivity index (χ1) is 16.2. The molecule has 0 fully saturated rings. The summed E-state index contributed by atoms with van der Waals surface area (Å²) in [5, 5.41) is 23.5. The largest absolute Gasteiger partial charge is 0.504 e. The molecule has 1 aliphatic rings. The molecule has 5 nitrogen and oxygen atoms in total. The summed E-state index contributed by atoms with van der Waals surface area (Å²) < 4.78 is 0. The highest BCUT2D eigenvalue weighted by molar-refractivity contribution is 8.93. The van der Waals surface area contributed by atoms with E-state index in [9.17, 15) is 10.2 Å². The minimum Gasteiger partial charge on any atom is -0.504 e. The number of aryl methyl sites for hydroxylation is 1. The summed E-state index contributed by atoms with van der Waals surface area (Å²) in [7, 11) is 0. The number of phenolic OH excluding ortho intramolecular Hbond substituents is 2. The Kier molecular flexibility index (Phi) is 19.9. The molecule has 0 bridgehead atoms. The second-order valence-corrected chi connectivity index (χ2v) is 9.45. The van der Waals surface area contributed by atoms with Crippen LogP contribution >= 0.6 is 50.9 Å². The predicted molar refractivity (Wildman–Crippen MR) is 167 cm³/mol. The third-order valence-corrected chi connectivity index (χ3v) is 6.88. The van der Waals surface area contributed by atoms with Gasteiger partial charge in [0.25, 0.3) is 0 Å². The number of nitrogens with one attached hydrogen (secondary N) is 1. The van der Waals surface area contributed by atoms with Crippen molar-refractivity contribution in [3.05, 3.63) is 53.3 Å². The average molecular weight is 696 g/mol. The molecule has 1 aromatic carbocycles. The van der Waals surface area contributed by atoms with Gasteiger partial charge in [-0.1, -0.05) is 31.9 Å². The van der Waals surface area contributed by atoms with E-state index in [1.165, 1.54) is 62.7 Å². The molecule has 0 saturated carbocycles. The molecular weight excluding hydrogens is 650 g/mol. The molecule has 3 N–H and O–H groups in total. The molecule has 3 rings (SSSR count). The van der Waals surface area contributed by atoms with Crippen molar-refractivity contribution in [1.29, 1.82) is 0 Å². The maximum Gasteiger partial charge on any atom is 0.160 e. The van der Waals surface area contributed by atoms with Crippen molar-refractivity contribution in [3.63, 3.8) is 0 Å². The first-order valence-electron chi connectivity index (χ1n) is 13.1. The van der Waals surface area contributed by atoms with Crippen molar-refractivity contribution in [3.8, 4) is 11.5 Å². The highest BCUT2D eigenvalue weighted by Crippen LogP contribution is 2.36. The van der Waals surface area contributed by atoms with Crippen LogP contribution in [0.5, 0.6) is 11.5 Å². The van der Waals surface area contributed by atoms with Gasteiger partial charge >= 0.3 is 0 Å². The fraction of sp³-hybridized carbons (Fsp3) is 0.607. The number of hydrogen-bond donors (Lipinski definition) is 3. The molecule has 1 aromatic heterocycles. The molecule has 2 aromatic rings. The predicted octanol–water partition coefficient (Wildman–Crippen LogP) is 6.97. The normalized spacial score (nSPS) is 14.3. The summed E-state index contributed by atoms with van der Waals surface area (Å²) in [4.78, 5) is 7.04. The van der Waals surface area contributed by atoms with E-state index in [0.29, 0.717) is 6.04 Å². The summed E-state index contributed by atoms with van der Waals surface area (Å²) in [6.45, 7) is 6.80. The van der Waals surface area contributed by atoms with E-state index in [2.05, 4.69) is 34.3 Å². The summed E-state index contributed by atoms with van der Waals surface area (Å²) in [6, 6.07) is 10.3. The van der Waals surface area contributed by atoms with Crippen LogP contribution in [0.3, 0.4) is 0 Å². The van der Waals surface area contributed by atoms with E-state index < -0.39 is 0 Å². The van der Waals surface area contributed by atoms with Crippen LogP contribution in [-0.4, -0.2) is 52.3 Å². The van der Waals surface area contributed by atoms with E-state index in [-0.39, 0.29) is 62.4 Å². The summed E-state index contributed by atoms with van der Waals surface area (Å²) in [5.74, 6) is 0.103. The number of benzene rings is 1. The standard InChI is InChI=1S/C28H43N3O2.3BrH/c1-2-20-31(25-14-15-26-23(22-25)13-16-27(32)28(26)33)21-10-4-3-7-17-29-18-8-5-11-24-12-6-9-19-30-24;;;/h6,9,12-13,16,19,25,29,32-33H,2-5,7-8,10-11,14-15,17-18,20-22H2,1H3;3*1H. The number of phenols is 2.